The summed E-state index contributed by atoms with van der Waals surface area (Å²) >= 11 is 5.91. The van der Waals surface area contributed by atoms with Gasteiger partial charge in [-0.25, -0.2) is 0 Å². The first-order valence-corrected chi connectivity index (χ1v) is 5.59. The Morgan fingerprint density at radius 3 is 2.94 bits per heavy atom. The number of aldehydes is 1. The largest absolute Gasteiger partial charge is 0.479 e. The number of hydrogen-bond donors (Lipinski definition) is 1. The third kappa shape index (κ3) is 3.79. The normalized spacial score (nSPS) is 11.2. The van der Waals surface area contributed by atoms with Crippen molar-refractivity contribution in [2.45, 2.75) is 13.0 Å². The van der Waals surface area contributed by atoms with Crippen molar-refractivity contribution in [2.75, 3.05) is 6.54 Å². The minimum atomic E-state index is -0.724. The van der Waals surface area contributed by atoms with Crippen molar-refractivity contribution in [3.8, 4) is 18.1 Å². The standard InChI is InChI=1S/C13H12ClNO3/c1-3-6-15-13(17)9(2)18-12-5-4-10(8-16)7-11(12)14/h1,4-5,7-9H,6H2,2H3,(H,15,17). The summed E-state index contributed by atoms with van der Waals surface area (Å²) in [6.45, 7) is 1.72. The van der Waals surface area contributed by atoms with E-state index in [0.717, 1.165) is 0 Å². The molecular formula is C13H12ClNO3. The van der Waals surface area contributed by atoms with Crippen LogP contribution in [0.4, 0.5) is 0 Å². The molecule has 0 aliphatic carbocycles. The van der Waals surface area contributed by atoms with Gasteiger partial charge in [0.15, 0.2) is 6.10 Å². The third-order valence-corrected chi connectivity index (χ3v) is 2.43. The van der Waals surface area contributed by atoms with Crippen LogP contribution in [0.25, 0.3) is 0 Å². The topological polar surface area (TPSA) is 55.4 Å². The van der Waals surface area contributed by atoms with Gasteiger partial charge >= 0.3 is 0 Å². The lowest BCUT2D eigenvalue weighted by molar-refractivity contribution is -0.126. The molecule has 0 fully saturated rings. The van der Waals surface area contributed by atoms with Crippen LogP contribution in [0.5, 0.6) is 5.75 Å². The van der Waals surface area contributed by atoms with Crippen LogP contribution in [0.3, 0.4) is 0 Å². The molecule has 0 saturated carbocycles. The Morgan fingerprint density at radius 1 is 1.67 bits per heavy atom. The van der Waals surface area contributed by atoms with E-state index >= 15 is 0 Å². The molecule has 94 valence electrons. The van der Waals surface area contributed by atoms with Crippen LogP contribution < -0.4 is 10.1 Å². The average Bonchev–Trinajstić information content (AvgIpc) is 2.38. The highest BCUT2D eigenvalue weighted by atomic mass is 35.5. The third-order valence-electron chi connectivity index (χ3n) is 2.13. The monoisotopic (exact) mass is 265 g/mol. The second-order valence-electron chi connectivity index (χ2n) is 3.49. The Morgan fingerprint density at radius 2 is 2.39 bits per heavy atom. The van der Waals surface area contributed by atoms with Crippen LogP contribution in [0.2, 0.25) is 5.02 Å². The molecule has 1 aromatic carbocycles. The van der Waals surface area contributed by atoms with Crippen molar-refractivity contribution >= 4 is 23.8 Å². The molecule has 0 aromatic heterocycles. The zero-order valence-electron chi connectivity index (χ0n) is 9.77. The number of ether oxygens (including phenoxy) is 1. The lowest BCUT2D eigenvalue weighted by atomic mass is 10.2. The van der Waals surface area contributed by atoms with Crippen LogP contribution in [0, 0.1) is 12.3 Å². The predicted octanol–water partition coefficient (Wildman–Crippen LogP) is 1.67. The molecule has 1 aromatic rings. The lowest BCUT2D eigenvalue weighted by Crippen LogP contribution is -2.36. The summed E-state index contributed by atoms with van der Waals surface area (Å²) in [7, 11) is 0. The van der Waals surface area contributed by atoms with Crippen LogP contribution in [-0.2, 0) is 4.79 Å². The van der Waals surface area contributed by atoms with Crippen LogP contribution in [-0.4, -0.2) is 24.8 Å². The molecule has 1 rings (SSSR count). The number of terminal acetylenes is 1. The second kappa shape index (κ2) is 6.67. The van der Waals surface area contributed by atoms with Crippen molar-refractivity contribution in [2.24, 2.45) is 0 Å². The number of amides is 1. The minimum absolute atomic E-state index is 0.143. The highest BCUT2D eigenvalue weighted by Crippen LogP contribution is 2.25. The highest BCUT2D eigenvalue weighted by molar-refractivity contribution is 6.32. The van der Waals surface area contributed by atoms with Gasteiger partial charge in [0, 0.05) is 5.56 Å². The molecule has 1 unspecified atom stereocenters. The van der Waals surface area contributed by atoms with Crippen molar-refractivity contribution in [1.82, 2.24) is 5.32 Å². The molecule has 0 saturated heterocycles. The molecule has 0 bridgehead atoms. The lowest BCUT2D eigenvalue weighted by Gasteiger charge is -2.14. The molecule has 0 aliphatic heterocycles. The smallest absolute Gasteiger partial charge is 0.261 e. The number of rotatable bonds is 5. The van der Waals surface area contributed by atoms with Crippen molar-refractivity contribution in [1.29, 1.82) is 0 Å². The number of carbonyl (C=O) groups excluding carboxylic acids is 2. The van der Waals surface area contributed by atoms with E-state index in [1.165, 1.54) is 12.1 Å². The van der Waals surface area contributed by atoms with Gasteiger partial charge in [-0.1, -0.05) is 17.5 Å². The number of halogens is 1. The van der Waals surface area contributed by atoms with Gasteiger partial charge in [-0.3, -0.25) is 9.59 Å². The summed E-state index contributed by atoms with van der Waals surface area (Å²) < 4.78 is 5.37. The van der Waals surface area contributed by atoms with Crippen LogP contribution >= 0.6 is 11.6 Å². The van der Waals surface area contributed by atoms with Gasteiger partial charge in [-0.2, -0.15) is 0 Å². The molecule has 0 spiro atoms. The summed E-state index contributed by atoms with van der Waals surface area (Å²) in [5.74, 6) is 2.30. The van der Waals surface area contributed by atoms with Gasteiger partial charge in [0.25, 0.3) is 5.91 Å². The fourth-order valence-electron chi connectivity index (χ4n) is 1.21. The quantitative estimate of drug-likeness (QED) is 0.651. The molecule has 0 heterocycles. The van der Waals surface area contributed by atoms with Gasteiger partial charge in [0.2, 0.25) is 0 Å². The zero-order valence-corrected chi connectivity index (χ0v) is 10.5. The summed E-state index contributed by atoms with van der Waals surface area (Å²) in [6.07, 6.45) is 4.98. The first-order chi connectivity index (χ1) is 8.58. The number of carbonyl (C=O) groups is 2. The summed E-state index contributed by atoms with van der Waals surface area (Å²) in [6, 6.07) is 4.56. The maximum absolute atomic E-state index is 11.5. The minimum Gasteiger partial charge on any atom is -0.479 e. The first-order valence-electron chi connectivity index (χ1n) is 5.21. The van der Waals surface area contributed by atoms with Crippen molar-refractivity contribution in [3.05, 3.63) is 28.8 Å². The van der Waals surface area contributed by atoms with Gasteiger partial charge in [-0.05, 0) is 25.1 Å². The van der Waals surface area contributed by atoms with Crippen LogP contribution in [0.15, 0.2) is 18.2 Å². The molecular weight excluding hydrogens is 254 g/mol. The second-order valence-corrected chi connectivity index (χ2v) is 3.90. The van der Waals surface area contributed by atoms with E-state index in [2.05, 4.69) is 11.2 Å². The maximum atomic E-state index is 11.5. The van der Waals surface area contributed by atoms with Crippen molar-refractivity contribution in [3.63, 3.8) is 0 Å². The summed E-state index contributed by atoms with van der Waals surface area (Å²) in [5, 5.41) is 2.77. The fourth-order valence-corrected chi connectivity index (χ4v) is 1.45. The van der Waals surface area contributed by atoms with Gasteiger partial charge in [-0.15, -0.1) is 6.42 Å². The Balaban J connectivity index is 2.70. The van der Waals surface area contributed by atoms with E-state index < -0.39 is 6.10 Å². The Hall–Kier alpha value is -1.99. The van der Waals surface area contributed by atoms with Crippen molar-refractivity contribution < 1.29 is 14.3 Å². The van der Waals surface area contributed by atoms with E-state index in [1.54, 1.807) is 13.0 Å². The van der Waals surface area contributed by atoms with Gasteiger partial charge in [0.05, 0.1) is 11.6 Å². The highest BCUT2D eigenvalue weighted by Gasteiger charge is 2.15. The van der Waals surface area contributed by atoms with E-state index in [0.29, 0.717) is 17.6 Å². The molecule has 0 radical (unpaired) electrons. The Labute approximate surface area is 110 Å². The van der Waals surface area contributed by atoms with Gasteiger partial charge < -0.3 is 10.1 Å². The summed E-state index contributed by atoms with van der Waals surface area (Å²) in [5.41, 5.74) is 0.441. The molecule has 4 nitrogen and oxygen atoms in total. The summed E-state index contributed by atoms with van der Waals surface area (Å²) in [4.78, 5) is 22.0. The molecule has 1 amide bonds. The fraction of sp³-hybridized carbons (Fsp3) is 0.231. The number of benzene rings is 1. The van der Waals surface area contributed by atoms with Crippen LogP contribution in [0.1, 0.15) is 17.3 Å². The number of hydrogen-bond acceptors (Lipinski definition) is 3. The molecule has 1 atom stereocenters. The van der Waals surface area contributed by atoms with E-state index in [-0.39, 0.29) is 17.5 Å². The van der Waals surface area contributed by atoms with E-state index in [4.69, 9.17) is 22.8 Å². The van der Waals surface area contributed by atoms with E-state index in [1.807, 2.05) is 0 Å². The average molecular weight is 266 g/mol. The molecule has 0 aliphatic rings. The first kappa shape index (κ1) is 14.1. The maximum Gasteiger partial charge on any atom is 0.261 e. The predicted molar refractivity (Wildman–Crippen MR) is 68.8 cm³/mol. The Kier molecular flexibility index (Phi) is 5.22. The zero-order chi connectivity index (χ0) is 13.5. The Bertz CT molecular complexity index is 493. The molecule has 1 N–H and O–H groups in total. The number of nitrogens with one attached hydrogen (secondary N) is 1. The SMILES string of the molecule is C#CCNC(=O)C(C)Oc1ccc(C=O)cc1Cl. The molecule has 18 heavy (non-hydrogen) atoms. The molecule has 5 heteroatoms. The van der Waals surface area contributed by atoms with Gasteiger partial charge in [0.1, 0.15) is 12.0 Å². The van der Waals surface area contributed by atoms with E-state index in [9.17, 15) is 9.59 Å².